The predicted molar refractivity (Wildman–Crippen MR) is 63.4 cm³/mol. The zero-order valence-electron chi connectivity index (χ0n) is 9.29. The maximum Gasteiger partial charge on any atom is 0.416 e. The van der Waals surface area contributed by atoms with E-state index in [4.69, 9.17) is 5.73 Å². The smallest absolute Gasteiger partial charge is 0.369 e. The molecule has 1 heterocycles. The van der Waals surface area contributed by atoms with Crippen LogP contribution in [-0.4, -0.2) is 25.4 Å². The van der Waals surface area contributed by atoms with Crippen molar-refractivity contribution in [3.05, 3.63) is 23.8 Å². The first-order valence-electron chi connectivity index (χ1n) is 5.20. The van der Waals surface area contributed by atoms with Gasteiger partial charge in [-0.05, 0) is 18.2 Å². The lowest BCUT2D eigenvalue weighted by atomic mass is 10.1. The maximum absolute atomic E-state index is 12.6. The molecule has 0 fully saturated rings. The highest BCUT2D eigenvalue weighted by molar-refractivity contribution is 7.99. The van der Waals surface area contributed by atoms with Gasteiger partial charge in [-0.25, -0.2) is 0 Å². The Morgan fingerprint density at radius 2 is 2.18 bits per heavy atom. The van der Waals surface area contributed by atoms with Crippen LogP contribution in [0.5, 0.6) is 0 Å². The van der Waals surface area contributed by atoms with Gasteiger partial charge in [-0.15, -0.1) is 11.8 Å². The summed E-state index contributed by atoms with van der Waals surface area (Å²) in [5.74, 6) is 0.724. The van der Waals surface area contributed by atoms with E-state index in [2.05, 4.69) is 0 Å². The van der Waals surface area contributed by atoms with Gasteiger partial charge in [0.2, 0.25) is 0 Å². The van der Waals surface area contributed by atoms with Gasteiger partial charge in [0.25, 0.3) is 0 Å². The zero-order chi connectivity index (χ0) is 12.6. The first-order valence-corrected chi connectivity index (χ1v) is 6.19. The number of fused-ring (bicyclic) bond motifs is 1. The third-order valence-corrected chi connectivity index (χ3v) is 4.11. The van der Waals surface area contributed by atoms with E-state index in [0.717, 1.165) is 17.5 Å². The Labute approximate surface area is 102 Å². The van der Waals surface area contributed by atoms with Crippen LogP contribution in [0.1, 0.15) is 5.56 Å². The quantitative estimate of drug-likeness (QED) is 0.843. The average molecular weight is 262 g/mol. The molecule has 2 rings (SSSR count). The SMILES string of the molecule is CN1c2ccc(C(F)(F)F)cc2SCC1CN. The number of likely N-dealkylation sites (N-methyl/N-ethyl adjacent to an activating group) is 1. The molecule has 0 saturated heterocycles. The molecule has 1 aliphatic rings. The summed E-state index contributed by atoms with van der Waals surface area (Å²) in [6, 6.07) is 4.04. The molecule has 1 aromatic rings. The average Bonchev–Trinajstić information content (AvgIpc) is 2.28. The van der Waals surface area contributed by atoms with E-state index in [1.54, 1.807) is 0 Å². The molecule has 2 N–H and O–H groups in total. The second-order valence-electron chi connectivity index (χ2n) is 3.99. The fourth-order valence-electron chi connectivity index (χ4n) is 1.82. The first-order chi connectivity index (χ1) is 7.93. The Morgan fingerprint density at radius 3 is 2.76 bits per heavy atom. The van der Waals surface area contributed by atoms with Crippen LogP contribution in [0.15, 0.2) is 23.1 Å². The molecule has 0 saturated carbocycles. The molecule has 94 valence electrons. The van der Waals surface area contributed by atoms with Crippen molar-refractivity contribution in [2.45, 2.75) is 17.1 Å². The number of rotatable bonds is 1. The standard InChI is InChI=1S/C11H13F3N2S/c1-16-8(5-15)6-17-10-4-7(11(12,13)14)2-3-9(10)16/h2-4,8H,5-6,15H2,1H3. The molecule has 0 spiro atoms. The van der Waals surface area contributed by atoms with E-state index in [1.807, 2.05) is 11.9 Å². The van der Waals surface area contributed by atoms with Crippen LogP contribution in [0.25, 0.3) is 0 Å². The largest absolute Gasteiger partial charge is 0.416 e. The van der Waals surface area contributed by atoms with Gasteiger partial charge in [0.1, 0.15) is 0 Å². The Morgan fingerprint density at radius 1 is 1.47 bits per heavy atom. The molecular formula is C11H13F3N2S. The van der Waals surface area contributed by atoms with Crippen LogP contribution in [-0.2, 0) is 6.18 Å². The predicted octanol–water partition coefficient (Wildman–Crippen LogP) is 2.57. The minimum absolute atomic E-state index is 0.184. The normalized spacial score (nSPS) is 20.3. The topological polar surface area (TPSA) is 29.3 Å². The third-order valence-electron chi connectivity index (χ3n) is 2.92. The number of hydrogen-bond donors (Lipinski definition) is 1. The number of benzene rings is 1. The molecule has 0 bridgehead atoms. The highest BCUT2D eigenvalue weighted by Gasteiger charge is 2.32. The van der Waals surface area contributed by atoms with Gasteiger partial charge in [-0.1, -0.05) is 0 Å². The number of halogens is 3. The Hall–Kier alpha value is -0.880. The summed E-state index contributed by atoms with van der Waals surface area (Å²) in [5.41, 5.74) is 5.84. The van der Waals surface area contributed by atoms with E-state index in [-0.39, 0.29) is 6.04 Å². The van der Waals surface area contributed by atoms with Gasteiger partial charge in [-0.2, -0.15) is 13.2 Å². The second kappa shape index (κ2) is 4.42. The molecule has 0 aliphatic carbocycles. The van der Waals surface area contributed by atoms with E-state index in [1.165, 1.54) is 23.9 Å². The van der Waals surface area contributed by atoms with E-state index >= 15 is 0 Å². The molecule has 0 aromatic heterocycles. The van der Waals surface area contributed by atoms with Crippen molar-refractivity contribution in [2.24, 2.45) is 5.73 Å². The van der Waals surface area contributed by atoms with Gasteiger partial charge in [0.05, 0.1) is 17.3 Å². The number of hydrogen-bond acceptors (Lipinski definition) is 3. The summed E-state index contributed by atoms with van der Waals surface area (Å²) in [4.78, 5) is 2.62. The lowest BCUT2D eigenvalue weighted by Crippen LogP contribution is -2.42. The zero-order valence-corrected chi connectivity index (χ0v) is 10.1. The Kier molecular flexibility index (Phi) is 3.27. The van der Waals surface area contributed by atoms with Gasteiger partial charge < -0.3 is 10.6 Å². The summed E-state index contributed by atoms with van der Waals surface area (Å²) < 4.78 is 37.7. The van der Waals surface area contributed by atoms with Crippen molar-refractivity contribution < 1.29 is 13.2 Å². The van der Waals surface area contributed by atoms with Crippen molar-refractivity contribution in [1.82, 2.24) is 0 Å². The van der Waals surface area contributed by atoms with Gasteiger partial charge in [0.15, 0.2) is 0 Å². The van der Waals surface area contributed by atoms with Crippen molar-refractivity contribution in [2.75, 3.05) is 24.2 Å². The van der Waals surface area contributed by atoms with E-state index < -0.39 is 11.7 Å². The molecule has 6 heteroatoms. The summed E-state index contributed by atoms with van der Waals surface area (Å²) in [6.45, 7) is 0.504. The molecule has 1 aromatic carbocycles. The monoisotopic (exact) mass is 262 g/mol. The van der Waals surface area contributed by atoms with Crippen molar-refractivity contribution in [3.63, 3.8) is 0 Å². The summed E-state index contributed by atoms with van der Waals surface area (Å²) in [6.07, 6.45) is -4.28. The molecule has 0 radical (unpaired) electrons. The molecule has 1 aliphatic heterocycles. The second-order valence-corrected chi connectivity index (χ2v) is 5.05. The van der Waals surface area contributed by atoms with Gasteiger partial charge >= 0.3 is 6.18 Å². The highest BCUT2D eigenvalue weighted by Crippen LogP contribution is 2.40. The van der Waals surface area contributed by atoms with Crippen LogP contribution in [0.3, 0.4) is 0 Å². The minimum Gasteiger partial charge on any atom is -0.369 e. The first kappa shape index (κ1) is 12.6. The van der Waals surface area contributed by atoms with Crippen LogP contribution in [0.4, 0.5) is 18.9 Å². The van der Waals surface area contributed by atoms with Crippen molar-refractivity contribution in [1.29, 1.82) is 0 Å². The molecule has 1 unspecified atom stereocenters. The third kappa shape index (κ3) is 2.37. The molecule has 17 heavy (non-hydrogen) atoms. The Balaban J connectivity index is 2.36. The molecular weight excluding hydrogens is 249 g/mol. The van der Waals surface area contributed by atoms with E-state index in [9.17, 15) is 13.2 Å². The Bertz CT molecular complexity index is 420. The number of thioether (sulfide) groups is 1. The van der Waals surface area contributed by atoms with Gasteiger partial charge in [0, 0.05) is 24.2 Å². The lowest BCUT2D eigenvalue weighted by molar-refractivity contribution is -0.137. The molecule has 0 amide bonds. The number of anilines is 1. The highest BCUT2D eigenvalue weighted by atomic mass is 32.2. The number of alkyl halides is 3. The fraction of sp³-hybridized carbons (Fsp3) is 0.455. The number of nitrogens with zero attached hydrogens (tertiary/aromatic N) is 1. The van der Waals surface area contributed by atoms with Crippen LogP contribution in [0.2, 0.25) is 0 Å². The molecule has 2 nitrogen and oxygen atoms in total. The summed E-state index contributed by atoms with van der Waals surface area (Å²) in [7, 11) is 1.86. The van der Waals surface area contributed by atoms with Crippen LogP contribution < -0.4 is 10.6 Å². The van der Waals surface area contributed by atoms with Crippen molar-refractivity contribution in [3.8, 4) is 0 Å². The number of nitrogens with two attached hydrogens (primary N) is 1. The van der Waals surface area contributed by atoms with E-state index in [0.29, 0.717) is 11.4 Å². The maximum atomic E-state index is 12.6. The fourth-order valence-corrected chi connectivity index (χ4v) is 3.12. The van der Waals surface area contributed by atoms with Crippen LogP contribution >= 0.6 is 11.8 Å². The van der Waals surface area contributed by atoms with Gasteiger partial charge in [-0.3, -0.25) is 0 Å². The molecule has 1 atom stereocenters. The lowest BCUT2D eigenvalue weighted by Gasteiger charge is -2.35. The minimum atomic E-state index is -4.28. The summed E-state index contributed by atoms with van der Waals surface area (Å²) in [5, 5.41) is 0. The van der Waals surface area contributed by atoms with Crippen LogP contribution in [0, 0.1) is 0 Å². The summed E-state index contributed by atoms with van der Waals surface area (Å²) >= 11 is 1.43. The van der Waals surface area contributed by atoms with Crippen molar-refractivity contribution >= 4 is 17.4 Å².